The molecule has 8 heavy (non-hydrogen) atoms. The van der Waals surface area contributed by atoms with Crippen LogP contribution in [0.1, 0.15) is 19.8 Å². The average molecular weight is 128 g/mol. The standard InChI is InChI=1S/C7H12S/c1-3-4-5-6-7-8-2/h5,7H,3-4H2,1-2H3. The molecule has 0 aromatic rings. The lowest BCUT2D eigenvalue weighted by atomic mass is 10.3. The van der Waals surface area contributed by atoms with Gasteiger partial charge in [-0.05, 0) is 18.8 Å². The van der Waals surface area contributed by atoms with Gasteiger partial charge in [-0.1, -0.05) is 13.3 Å². The summed E-state index contributed by atoms with van der Waals surface area (Å²) < 4.78 is 0. The number of thioether (sulfide) groups is 1. The Morgan fingerprint density at radius 1 is 1.62 bits per heavy atom. The van der Waals surface area contributed by atoms with Crippen LogP contribution in [0.2, 0.25) is 0 Å². The van der Waals surface area contributed by atoms with Crippen molar-refractivity contribution in [3.05, 3.63) is 17.2 Å². The normalized spacial score (nSPS) is 7.75. The van der Waals surface area contributed by atoms with E-state index in [4.69, 9.17) is 0 Å². The highest BCUT2D eigenvalue weighted by molar-refractivity contribution is 8.01. The van der Waals surface area contributed by atoms with E-state index in [1.54, 1.807) is 11.8 Å². The summed E-state index contributed by atoms with van der Waals surface area (Å²) in [6.45, 7) is 2.16. The van der Waals surface area contributed by atoms with Crippen molar-refractivity contribution in [3.8, 4) is 0 Å². The first kappa shape index (κ1) is 7.87. The molecule has 0 aromatic heterocycles. The highest BCUT2D eigenvalue weighted by atomic mass is 32.2. The Morgan fingerprint density at radius 2 is 2.38 bits per heavy atom. The molecule has 0 atom stereocenters. The van der Waals surface area contributed by atoms with Gasteiger partial charge in [0.15, 0.2) is 0 Å². The molecule has 0 nitrogen and oxygen atoms in total. The molecular weight excluding hydrogens is 116 g/mol. The van der Waals surface area contributed by atoms with Crippen molar-refractivity contribution in [2.45, 2.75) is 19.8 Å². The Bertz CT molecular complexity index is 88.6. The summed E-state index contributed by atoms with van der Waals surface area (Å²) in [6, 6.07) is 0. The van der Waals surface area contributed by atoms with Crippen LogP contribution in [0.3, 0.4) is 0 Å². The fourth-order valence-electron chi connectivity index (χ4n) is 0.344. The first-order valence-corrected chi connectivity index (χ1v) is 4.12. The van der Waals surface area contributed by atoms with Crippen molar-refractivity contribution >= 4 is 11.8 Å². The third-order valence-electron chi connectivity index (χ3n) is 0.737. The molecule has 1 heteroatoms. The highest BCUT2D eigenvalue weighted by Crippen LogP contribution is 1.91. The molecule has 0 saturated carbocycles. The van der Waals surface area contributed by atoms with E-state index in [1.807, 2.05) is 11.7 Å². The second kappa shape index (κ2) is 6.87. The number of hydrogen-bond donors (Lipinski definition) is 0. The molecule has 0 aliphatic carbocycles. The van der Waals surface area contributed by atoms with E-state index in [2.05, 4.69) is 18.7 Å². The van der Waals surface area contributed by atoms with E-state index < -0.39 is 0 Å². The summed E-state index contributed by atoms with van der Waals surface area (Å²) in [7, 11) is 0. The van der Waals surface area contributed by atoms with Gasteiger partial charge in [-0.25, -0.2) is 0 Å². The van der Waals surface area contributed by atoms with Gasteiger partial charge in [0.25, 0.3) is 0 Å². The predicted octanol–water partition coefficient (Wildman–Crippen LogP) is 2.82. The molecule has 0 unspecified atom stereocenters. The van der Waals surface area contributed by atoms with E-state index in [1.165, 1.54) is 6.42 Å². The quantitative estimate of drug-likeness (QED) is 0.527. The van der Waals surface area contributed by atoms with Gasteiger partial charge < -0.3 is 0 Å². The maximum absolute atomic E-state index is 3.05. The fourth-order valence-corrected chi connectivity index (χ4v) is 0.576. The minimum absolute atomic E-state index is 1.15. The number of unbranched alkanes of at least 4 members (excludes halogenated alkanes) is 1. The topological polar surface area (TPSA) is 0 Å². The third-order valence-corrected chi connectivity index (χ3v) is 1.11. The second-order valence-corrected chi connectivity index (χ2v) is 2.22. The van der Waals surface area contributed by atoms with Crippen molar-refractivity contribution in [2.24, 2.45) is 0 Å². The molecule has 46 valence electrons. The Hall–Kier alpha value is -0.130. The largest absolute Gasteiger partial charge is 0.129 e. The molecule has 0 radical (unpaired) electrons. The number of allylic oxidation sites excluding steroid dienone is 1. The van der Waals surface area contributed by atoms with Gasteiger partial charge in [-0.15, -0.1) is 17.5 Å². The van der Waals surface area contributed by atoms with Gasteiger partial charge in [0.05, 0.1) is 0 Å². The van der Waals surface area contributed by atoms with Crippen molar-refractivity contribution in [1.82, 2.24) is 0 Å². The Kier molecular flexibility index (Phi) is 6.76. The highest BCUT2D eigenvalue weighted by Gasteiger charge is 1.66. The monoisotopic (exact) mass is 128 g/mol. The molecule has 0 amide bonds. The van der Waals surface area contributed by atoms with Gasteiger partial charge in [0, 0.05) is 5.41 Å². The molecule has 0 N–H and O–H groups in total. The summed E-state index contributed by atoms with van der Waals surface area (Å²) >= 11 is 1.68. The van der Waals surface area contributed by atoms with Crippen molar-refractivity contribution in [3.63, 3.8) is 0 Å². The Morgan fingerprint density at radius 3 is 2.88 bits per heavy atom. The van der Waals surface area contributed by atoms with Gasteiger partial charge in [-0.2, -0.15) is 0 Å². The van der Waals surface area contributed by atoms with E-state index >= 15 is 0 Å². The summed E-state index contributed by atoms with van der Waals surface area (Å²) in [5.74, 6) is 0. The zero-order valence-electron chi connectivity index (χ0n) is 5.48. The molecule has 0 aliphatic heterocycles. The SMILES string of the molecule is CCCC=C=CSC. The summed E-state index contributed by atoms with van der Waals surface area (Å²) in [4.78, 5) is 0. The minimum atomic E-state index is 1.15. The lowest BCUT2D eigenvalue weighted by molar-refractivity contribution is 0.960. The van der Waals surface area contributed by atoms with Crippen LogP contribution in [0.15, 0.2) is 17.2 Å². The zero-order valence-corrected chi connectivity index (χ0v) is 6.29. The van der Waals surface area contributed by atoms with Crippen molar-refractivity contribution in [2.75, 3.05) is 6.26 Å². The molecular formula is C7H12S. The van der Waals surface area contributed by atoms with Crippen LogP contribution in [-0.2, 0) is 0 Å². The van der Waals surface area contributed by atoms with Crippen LogP contribution in [0.4, 0.5) is 0 Å². The van der Waals surface area contributed by atoms with Crippen LogP contribution in [-0.4, -0.2) is 6.26 Å². The Labute approximate surface area is 55.7 Å². The zero-order chi connectivity index (χ0) is 6.24. The van der Waals surface area contributed by atoms with Gasteiger partial charge in [-0.3, -0.25) is 0 Å². The summed E-state index contributed by atoms with van der Waals surface area (Å²) in [6.07, 6.45) is 6.47. The first-order valence-electron chi connectivity index (χ1n) is 2.84. The molecule has 0 aliphatic rings. The van der Waals surface area contributed by atoms with Crippen LogP contribution in [0.5, 0.6) is 0 Å². The van der Waals surface area contributed by atoms with E-state index in [9.17, 15) is 0 Å². The molecule has 0 fully saturated rings. The lowest BCUT2D eigenvalue weighted by Crippen LogP contribution is -1.54. The number of hydrogen-bond acceptors (Lipinski definition) is 1. The van der Waals surface area contributed by atoms with Crippen LogP contribution >= 0.6 is 11.8 Å². The maximum atomic E-state index is 3.05. The van der Waals surface area contributed by atoms with Gasteiger partial charge in [0.1, 0.15) is 0 Å². The van der Waals surface area contributed by atoms with E-state index in [0.29, 0.717) is 0 Å². The Balaban J connectivity index is 3.18. The minimum Gasteiger partial charge on any atom is -0.129 e. The third kappa shape index (κ3) is 5.87. The second-order valence-electron chi connectivity index (χ2n) is 1.51. The lowest BCUT2D eigenvalue weighted by Gasteiger charge is -1.75. The molecule has 0 heterocycles. The summed E-state index contributed by atoms with van der Waals surface area (Å²) in [5.41, 5.74) is 3.05. The van der Waals surface area contributed by atoms with Crippen LogP contribution in [0.25, 0.3) is 0 Å². The molecule has 0 saturated heterocycles. The fraction of sp³-hybridized carbons (Fsp3) is 0.571. The molecule has 0 aromatic carbocycles. The first-order chi connectivity index (χ1) is 3.91. The maximum Gasteiger partial charge on any atom is 0.0122 e. The van der Waals surface area contributed by atoms with E-state index in [0.717, 1.165) is 6.42 Å². The molecule has 0 bridgehead atoms. The summed E-state index contributed by atoms with van der Waals surface area (Å²) in [5, 5.41) is 1.97. The van der Waals surface area contributed by atoms with Crippen LogP contribution in [0, 0.1) is 0 Å². The van der Waals surface area contributed by atoms with Crippen molar-refractivity contribution in [1.29, 1.82) is 0 Å². The smallest absolute Gasteiger partial charge is 0.0122 e. The van der Waals surface area contributed by atoms with Gasteiger partial charge >= 0.3 is 0 Å². The average Bonchev–Trinajstić information content (AvgIpc) is 1.81. The molecule has 0 spiro atoms. The predicted molar refractivity (Wildman–Crippen MR) is 41.1 cm³/mol. The molecule has 0 rings (SSSR count). The van der Waals surface area contributed by atoms with Gasteiger partial charge in [0.2, 0.25) is 0 Å². The van der Waals surface area contributed by atoms with Crippen molar-refractivity contribution < 1.29 is 0 Å². The van der Waals surface area contributed by atoms with E-state index in [-0.39, 0.29) is 0 Å². The van der Waals surface area contributed by atoms with Crippen LogP contribution < -0.4 is 0 Å². The number of rotatable bonds is 3.